The van der Waals surface area contributed by atoms with Crippen LogP contribution in [0.2, 0.25) is 0 Å². The summed E-state index contributed by atoms with van der Waals surface area (Å²) in [5, 5.41) is 3.68. The molecule has 10 heavy (non-hydrogen) atoms. The van der Waals surface area contributed by atoms with Gasteiger partial charge in [0.1, 0.15) is 6.20 Å². The molecule has 0 bridgehead atoms. The summed E-state index contributed by atoms with van der Waals surface area (Å²) in [7, 11) is 1.98. The molecule has 3 nitrogen and oxygen atoms in total. The highest BCUT2D eigenvalue weighted by Gasteiger charge is 1.88. The van der Waals surface area contributed by atoms with E-state index in [-0.39, 0.29) is 0 Å². The van der Waals surface area contributed by atoms with Crippen LogP contribution in [0.4, 0.5) is 0 Å². The Labute approximate surface area is 62.9 Å². The molecule has 0 spiro atoms. The van der Waals surface area contributed by atoms with Crippen LogP contribution in [0.3, 0.4) is 0 Å². The van der Waals surface area contributed by atoms with Crippen LogP contribution in [0.1, 0.15) is 19.8 Å². The smallest absolute Gasteiger partial charge is 0.110 e. The molecule has 0 aliphatic carbocycles. The first-order valence-corrected chi connectivity index (χ1v) is 3.78. The van der Waals surface area contributed by atoms with Gasteiger partial charge in [-0.25, -0.2) is 5.84 Å². The third-order valence-electron chi connectivity index (χ3n) is 1.24. The van der Waals surface area contributed by atoms with Crippen LogP contribution in [0.25, 0.3) is 0 Å². The minimum absolute atomic E-state index is 0.945. The van der Waals surface area contributed by atoms with Crippen LogP contribution in [-0.4, -0.2) is 18.6 Å². The lowest BCUT2D eigenvalue weighted by Crippen LogP contribution is -2.72. The highest BCUT2D eigenvalue weighted by Crippen LogP contribution is 1.87. The Kier molecular flexibility index (Phi) is 6.22. The fourth-order valence-corrected chi connectivity index (χ4v) is 0.612. The zero-order valence-electron chi connectivity index (χ0n) is 6.88. The summed E-state index contributed by atoms with van der Waals surface area (Å²) in [6, 6.07) is 0. The largest absolute Gasteiger partial charge is 0.321 e. The lowest BCUT2D eigenvalue weighted by molar-refractivity contribution is -0.557. The van der Waals surface area contributed by atoms with Crippen molar-refractivity contribution in [1.29, 1.82) is 0 Å². The van der Waals surface area contributed by atoms with E-state index >= 15 is 0 Å². The average Bonchev–Trinajstić information content (AvgIpc) is 1.97. The standard InChI is InChI=1S/C7H17N3/c1-3-4-6-10(8)7-5-9-2/h5,7,9H,3-4,6,8H2,1-2H3/p+1/b7-5-. The molecule has 0 rings (SSSR count). The molecule has 0 atom stereocenters. The maximum atomic E-state index is 5.57. The number of hydrogen-bond donors (Lipinski definition) is 2. The lowest BCUT2D eigenvalue weighted by Gasteiger charge is -2.10. The van der Waals surface area contributed by atoms with Gasteiger partial charge in [0.05, 0.1) is 13.2 Å². The van der Waals surface area contributed by atoms with Crippen molar-refractivity contribution in [2.45, 2.75) is 19.8 Å². The summed E-state index contributed by atoms with van der Waals surface area (Å²) in [6.45, 7) is 3.10. The number of nitrogens with two attached hydrogens (primary N) is 2. The minimum atomic E-state index is 0.945. The molecular weight excluding hydrogens is 126 g/mol. The van der Waals surface area contributed by atoms with E-state index in [2.05, 4.69) is 6.92 Å². The highest BCUT2D eigenvalue weighted by molar-refractivity contribution is 4.67. The Morgan fingerprint density at radius 2 is 2.30 bits per heavy atom. The van der Waals surface area contributed by atoms with E-state index in [1.54, 1.807) is 5.01 Å². The van der Waals surface area contributed by atoms with E-state index in [1.165, 1.54) is 6.42 Å². The van der Waals surface area contributed by atoms with E-state index in [9.17, 15) is 0 Å². The van der Waals surface area contributed by atoms with Crippen LogP contribution in [0, 0.1) is 0 Å². The SMILES string of the molecule is CCCCN(N)/C=C\[NH2+]C. The van der Waals surface area contributed by atoms with Crippen molar-refractivity contribution in [2.75, 3.05) is 13.6 Å². The maximum Gasteiger partial charge on any atom is 0.110 e. The molecule has 0 aliphatic rings. The summed E-state index contributed by atoms with van der Waals surface area (Å²) < 4.78 is 0. The fourth-order valence-electron chi connectivity index (χ4n) is 0.612. The van der Waals surface area contributed by atoms with Crippen molar-refractivity contribution in [3.8, 4) is 0 Å². The predicted molar refractivity (Wildman–Crippen MR) is 42.8 cm³/mol. The molecule has 60 valence electrons. The van der Waals surface area contributed by atoms with Crippen molar-refractivity contribution in [3.63, 3.8) is 0 Å². The van der Waals surface area contributed by atoms with Crippen molar-refractivity contribution >= 4 is 0 Å². The normalized spacial score (nSPS) is 10.7. The molecule has 0 amide bonds. The molecule has 0 unspecified atom stereocenters. The third kappa shape index (κ3) is 5.59. The van der Waals surface area contributed by atoms with Gasteiger partial charge in [0, 0.05) is 6.54 Å². The van der Waals surface area contributed by atoms with Gasteiger partial charge in [0.15, 0.2) is 0 Å². The summed E-state index contributed by atoms with van der Waals surface area (Å²) in [5.41, 5.74) is 0. The van der Waals surface area contributed by atoms with Gasteiger partial charge in [-0.1, -0.05) is 13.3 Å². The van der Waals surface area contributed by atoms with Crippen molar-refractivity contribution < 1.29 is 5.32 Å². The molecule has 0 aromatic rings. The van der Waals surface area contributed by atoms with Gasteiger partial charge in [0.2, 0.25) is 0 Å². The molecule has 4 N–H and O–H groups in total. The quantitative estimate of drug-likeness (QED) is 0.408. The van der Waals surface area contributed by atoms with Crippen LogP contribution in [-0.2, 0) is 0 Å². The number of hydrazine groups is 1. The van der Waals surface area contributed by atoms with Crippen LogP contribution < -0.4 is 11.2 Å². The first kappa shape index (κ1) is 9.46. The Balaban J connectivity index is 3.24. The Bertz CT molecular complexity index is 90.9. The molecule has 0 aliphatic heterocycles. The highest BCUT2D eigenvalue weighted by atomic mass is 15.4. The first-order chi connectivity index (χ1) is 4.81. The molecule has 0 radical (unpaired) electrons. The van der Waals surface area contributed by atoms with Crippen molar-refractivity contribution in [2.24, 2.45) is 5.84 Å². The first-order valence-electron chi connectivity index (χ1n) is 3.78. The van der Waals surface area contributed by atoms with Gasteiger partial charge in [-0.2, -0.15) is 0 Å². The van der Waals surface area contributed by atoms with E-state index in [1.807, 2.05) is 24.8 Å². The summed E-state index contributed by atoms with van der Waals surface area (Å²) in [4.78, 5) is 0. The van der Waals surface area contributed by atoms with Crippen LogP contribution >= 0.6 is 0 Å². The molecule has 3 heteroatoms. The van der Waals surface area contributed by atoms with Crippen molar-refractivity contribution in [1.82, 2.24) is 5.01 Å². The molecule has 0 saturated carbocycles. The molecule has 0 aromatic carbocycles. The van der Waals surface area contributed by atoms with Crippen molar-refractivity contribution in [3.05, 3.63) is 12.4 Å². The second kappa shape index (κ2) is 6.58. The predicted octanol–water partition coefficient (Wildman–Crippen LogP) is -0.373. The molecule has 0 fully saturated rings. The second-order valence-corrected chi connectivity index (χ2v) is 2.27. The monoisotopic (exact) mass is 144 g/mol. The number of hydrogen-bond acceptors (Lipinski definition) is 2. The Hall–Kier alpha value is -0.540. The molecule has 0 heterocycles. The van der Waals surface area contributed by atoms with Crippen LogP contribution in [0.5, 0.6) is 0 Å². The average molecular weight is 144 g/mol. The topological polar surface area (TPSA) is 45.9 Å². The summed E-state index contributed by atoms with van der Waals surface area (Å²) >= 11 is 0. The minimum Gasteiger partial charge on any atom is -0.321 e. The molecule has 0 aromatic heterocycles. The Morgan fingerprint density at radius 1 is 1.60 bits per heavy atom. The van der Waals surface area contributed by atoms with E-state index < -0.39 is 0 Å². The maximum absolute atomic E-state index is 5.57. The third-order valence-corrected chi connectivity index (χ3v) is 1.24. The van der Waals surface area contributed by atoms with Gasteiger partial charge < -0.3 is 10.3 Å². The van der Waals surface area contributed by atoms with E-state index in [4.69, 9.17) is 5.84 Å². The number of nitrogens with zero attached hydrogens (tertiary/aromatic N) is 1. The van der Waals surface area contributed by atoms with E-state index in [0.717, 1.165) is 13.0 Å². The number of quaternary nitrogens is 1. The van der Waals surface area contributed by atoms with Gasteiger partial charge in [-0.3, -0.25) is 0 Å². The van der Waals surface area contributed by atoms with Gasteiger partial charge in [0.25, 0.3) is 0 Å². The molecule has 0 saturated heterocycles. The van der Waals surface area contributed by atoms with Gasteiger partial charge in [-0.15, -0.1) is 0 Å². The Morgan fingerprint density at radius 3 is 2.80 bits per heavy atom. The lowest BCUT2D eigenvalue weighted by atomic mass is 10.3. The number of unbranched alkanes of at least 4 members (excludes halogenated alkanes) is 1. The summed E-state index contributed by atoms with van der Waals surface area (Å²) in [5.74, 6) is 5.57. The van der Waals surface area contributed by atoms with Gasteiger partial charge in [-0.05, 0) is 6.42 Å². The molecular formula is C7H18N3+. The summed E-state index contributed by atoms with van der Waals surface area (Å²) in [6.07, 6.45) is 6.17. The van der Waals surface area contributed by atoms with Gasteiger partial charge >= 0.3 is 0 Å². The van der Waals surface area contributed by atoms with E-state index in [0.29, 0.717) is 0 Å². The zero-order valence-corrected chi connectivity index (χ0v) is 6.88. The number of rotatable bonds is 5. The second-order valence-electron chi connectivity index (χ2n) is 2.27. The fraction of sp³-hybridized carbons (Fsp3) is 0.714. The van der Waals surface area contributed by atoms with Crippen LogP contribution in [0.15, 0.2) is 12.4 Å². The zero-order chi connectivity index (χ0) is 7.82.